The lowest BCUT2D eigenvalue weighted by Gasteiger charge is -2.12. The molecule has 0 spiro atoms. The highest BCUT2D eigenvalue weighted by molar-refractivity contribution is 5.92. The summed E-state index contributed by atoms with van der Waals surface area (Å²) in [6.45, 7) is 2.60. The van der Waals surface area contributed by atoms with Gasteiger partial charge in [-0.05, 0) is 18.6 Å². The Morgan fingerprint density at radius 1 is 1.35 bits per heavy atom. The quantitative estimate of drug-likeness (QED) is 0.668. The number of nitrogens with zero attached hydrogens (tertiary/aromatic N) is 2. The summed E-state index contributed by atoms with van der Waals surface area (Å²) in [5.74, 6) is 0.893. The smallest absolute Gasteiger partial charge is 0.273 e. The number of fused-ring (bicyclic) bond motifs is 1. The van der Waals surface area contributed by atoms with Crippen LogP contribution < -0.4 is 10.1 Å². The number of pyridine rings is 1. The Bertz CT molecular complexity index is 869. The van der Waals surface area contributed by atoms with Crippen molar-refractivity contribution in [2.24, 2.45) is 0 Å². The van der Waals surface area contributed by atoms with Gasteiger partial charge in [-0.25, -0.2) is 0 Å². The number of methoxy groups -OCH3 is 1. The van der Waals surface area contributed by atoms with Gasteiger partial charge in [-0.15, -0.1) is 0 Å². The second-order valence-electron chi connectivity index (χ2n) is 5.80. The largest absolute Gasteiger partial charge is 0.485 e. The molecule has 26 heavy (non-hydrogen) atoms. The summed E-state index contributed by atoms with van der Waals surface area (Å²) in [5, 5.41) is 8.54. The summed E-state index contributed by atoms with van der Waals surface area (Å²) >= 11 is 0. The fraction of sp³-hybridized carbons (Fsp3) is 0.316. The lowest BCUT2D eigenvalue weighted by Crippen LogP contribution is -2.32. The van der Waals surface area contributed by atoms with E-state index >= 15 is 0 Å². The van der Waals surface area contributed by atoms with E-state index in [1.807, 2.05) is 31.2 Å². The number of carbonyl (C=O) groups is 1. The van der Waals surface area contributed by atoms with Crippen molar-refractivity contribution in [1.29, 1.82) is 0 Å². The number of ether oxygens (including phenoxy) is 2. The maximum absolute atomic E-state index is 12.1. The molecule has 0 aliphatic carbocycles. The third-order valence-electron chi connectivity index (χ3n) is 4.08. The van der Waals surface area contributed by atoms with Crippen molar-refractivity contribution in [3.05, 3.63) is 54.2 Å². The summed E-state index contributed by atoms with van der Waals surface area (Å²) in [6, 6.07) is 9.22. The van der Waals surface area contributed by atoms with Gasteiger partial charge in [-0.2, -0.15) is 0 Å². The molecule has 3 aromatic rings. The molecule has 136 valence electrons. The van der Waals surface area contributed by atoms with Crippen LogP contribution in [0.25, 0.3) is 10.8 Å². The summed E-state index contributed by atoms with van der Waals surface area (Å²) in [4.78, 5) is 16.2. The first-order valence-electron chi connectivity index (χ1n) is 8.43. The van der Waals surface area contributed by atoms with Crippen LogP contribution in [0, 0.1) is 0 Å². The first kappa shape index (κ1) is 17.9. The van der Waals surface area contributed by atoms with Gasteiger partial charge in [0.25, 0.3) is 5.91 Å². The van der Waals surface area contributed by atoms with Crippen LogP contribution >= 0.6 is 0 Å². The number of hydrogen-bond acceptors (Lipinski definition) is 6. The molecule has 1 N–H and O–H groups in total. The van der Waals surface area contributed by atoms with Crippen molar-refractivity contribution in [3.8, 4) is 5.75 Å². The van der Waals surface area contributed by atoms with Crippen molar-refractivity contribution in [3.63, 3.8) is 0 Å². The molecule has 1 amide bonds. The SMILES string of the molecule is CC[C@H](CNC(=O)c1cc(COc2cccc3cnccc23)on1)OC. The number of carbonyl (C=O) groups excluding carboxylic acids is 1. The lowest BCUT2D eigenvalue weighted by atomic mass is 10.1. The molecule has 0 bridgehead atoms. The highest BCUT2D eigenvalue weighted by Crippen LogP contribution is 2.25. The van der Waals surface area contributed by atoms with Crippen molar-refractivity contribution in [2.45, 2.75) is 26.1 Å². The molecule has 0 aliphatic rings. The van der Waals surface area contributed by atoms with E-state index in [0.29, 0.717) is 12.3 Å². The molecule has 2 aromatic heterocycles. The van der Waals surface area contributed by atoms with Gasteiger partial charge in [0, 0.05) is 42.9 Å². The molecule has 2 heterocycles. The molecule has 0 saturated carbocycles. The number of benzene rings is 1. The predicted octanol–water partition coefficient (Wildman–Crippen LogP) is 2.96. The number of hydrogen-bond donors (Lipinski definition) is 1. The molecule has 1 aromatic carbocycles. The Hall–Kier alpha value is -2.93. The van der Waals surface area contributed by atoms with Gasteiger partial charge in [0.1, 0.15) is 12.4 Å². The van der Waals surface area contributed by atoms with E-state index in [9.17, 15) is 4.79 Å². The standard InChI is InChI=1S/C19H21N3O4/c1-3-14(24-2)11-21-19(23)17-9-15(26-22-17)12-25-18-6-4-5-13-10-20-8-7-16(13)18/h4-10,14H,3,11-12H2,1-2H3,(H,21,23)/t14-/m1/s1. The zero-order chi connectivity index (χ0) is 18.4. The number of nitrogens with one attached hydrogen (secondary N) is 1. The minimum Gasteiger partial charge on any atom is -0.485 e. The molecule has 0 radical (unpaired) electrons. The molecule has 0 fully saturated rings. The van der Waals surface area contributed by atoms with Crippen molar-refractivity contribution in [2.75, 3.05) is 13.7 Å². The minimum atomic E-state index is -0.299. The van der Waals surface area contributed by atoms with Gasteiger partial charge in [0.2, 0.25) is 0 Å². The lowest BCUT2D eigenvalue weighted by molar-refractivity contribution is 0.0809. The van der Waals surface area contributed by atoms with Crippen LogP contribution in [0.15, 0.2) is 47.2 Å². The minimum absolute atomic E-state index is 0.0190. The average Bonchev–Trinajstić information content (AvgIpc) is 3.16. The van der Waals surface area contributed by atoms with E-state index in [0.717, 1.165) is 22.9 Å². The second-order valence-corrected chi connectivity index (χ2v) is 5.80. The van der Waals surface area contributed by atoms with Gasteiger partial charge in [-0.1, -0.05) is 24.2 Å². The number of aromatic nitrogens is 2. The normalized spacial score (nSPS) is 12.1. The van der Waals surface area contributed by atoms with E-state index in [1.165, 1.54) is 0 Å². The molecule has 0 aliphatic heterocycles. The van der Waals surface area contributed by atoms with Crippen molar-refractivity contribution < 1.29 is 18.8 Å². The summed E-state index contributed by atoms with van der Waals surface area (Å²) < 4.78 is 16.2. The van der Waals surface area contributed by atoms with Gasteiger partial charge in [-0.3, -0.25) is 9.78 Å². The zero-order valence-corrected chi connectivity index (χ0v) is 14.8. The topological polar surface area (TPSA) is 86.5 Å². The molecule has 1 atom stereocenters. The van der Waals surface area contributed by atoms with Crippen molar-refractivity contribution in [1.82, 2.24) is 15.5 Å². The van der Waals surface area contributed by atoms with E-state index in [4.69, 9.17) is 14.0 Å². The van der Waals surface area contributed by atoms with Crippen LogP contribution in [-0.2, 0) is 11.3 Å². The third kappa shape index (κ3) is 4.18. The van der Waals surface area contributed by atoms with Crippen LogP contribution in [0.5, 0.6) is 5.75 Å². The summed E-state index contributed by atoms with van der Waals surface area (Å²) in [5.41, 5.74) is 0.219. The Morgan fingerprint density at radius 2 is 2.23 bits per heavy atom. The maximum Gasteiger partial charge on any atom is 0.273 e. The Labute approximate surface area is 151 Å². The monoisotopic (exact) mass is 355 g/mol. The molecule has 3 rings (SSSR count). The van der Waals surface area contributed by atoms with Crippen LogP contribution in [0.2, 0.25) is 0 Å². The average molecular weight is 355 g/mol. The number of rotatable bonds is 8. The van der Waals surface area contributed by atoms with Crippen LogP contribution in [0.1, 0.15) is 29.6 Å². The molecule has 7 heteroatoms. The second kappa shape index (κ2) is 8.44. The fourth-order valence-corrected chi connectivity index (χ4v) is 2.55. The van der Waals surface area contributed by atoms with Crippen molar-refractivity contribution >= 4 is 16.7 Å². The Morgan fingerprint density at radius 3 is 3.04 bits per heavy atom. The highest BCUT2D eigenvalue weighted by atomic mass is 16.5. The highest BCUT2D eigenvalue weighted by Gasteiger charge is 2.15. The summed E-state index contributed by atoms with van der Waals surface area (Å²) in [7, 11) is 1.62. The van der Waals surface area contributed by atoms with E-state index in [2.05, 4.69) is 15.5 Å². The van der Waals surface area contributed by atoms with Crippen LogP contribution in [0.4, 0.5) is 0 Å². The molecule has 0 saturated heterocycles. The van der Waals surface area contributed by atoms with E-state index in [1.54, 1.807) is 25.6 Å². The number of amides is 1. The Balaban J connectivity index is 1.61. The zero-order valence-electron chi connectivity index (χ0n) is 14.8. The van der Waals surface area contributed by atoms with Gasteiger partial charge >= 0.3 is 0 Å². The van der Waals surface area contributed by atoms with Gasteiger partial charge in [0.15, 0.2) is 11.5 Å². The summed E-state index contributed by atoms with van der Waals surface area (Å²) in [6.07, 6.45) is 4.29. The third-order valence-corrected chi connectivity index (χ3v) is 4.08. The predicted molar refractivity (Wildman–Crippen MR) is 96.0 cm³/mol. The first-order chi connectivity index (χ1) is 12.7. The fourth-order valence-electron chi connectivity index (χ4n) is 2.55. The van der Waals surface area contributed by atoms with Crippen LogP contribution in [-0.4, -0.2) is 35.8 Å². The van der Waals surface area contributed by atoms with Gasteiger partial charge < -0.3 is 19.3 Å². The van der Waals surface area contributed by atoms with E-state index < -0.39 is 0 Å². The first-order valence-corrected chi connectivity index (χ1v) is 8.43. The molecular formula is C19H21N3O4. The maximum atomic E-state index is 12.1. The van der Waals surface area contributed by atoms with Crippen LogP contribution in [0.3, 0.4) is 0 Å². The van der Waals surface area contributed by atoms with Gasteiger partial charge in [0.05, 0.1) is 6.10 Å². The van der Waals surface area contributed by atoms with E-state index in [-0.39, 0.29) is 24.3 Å². The molecule has 0 unspecified atom stereocenters. The molecular weight excluding hydrogens is 334 g/mol. The molecule has 7 nitrogen and oxygen atoms in total. The Kier molecular flexibility index (Phi) is 5.80.